The molecular formula is C14H11BrF2O. The van der Waals surface area contributed by atoms with Crippen molar-refractivity contribution >= 4 is 15.9 Å². The zero-order valence-corrected chi connectivity index (χ0v) is 11.2. The third-order valence-electron chi connectivity index (χ3n) is 2.76. The van der Waals surface area contributed by atoms with Gasteiger partial charge in [0.25, 0.3) is 0 Å². The Labute approximate surface area is 112 Å². The highest BCUT2D eigenvalue weighted by Gasteiger charge is 2.19. The van der Waals surface area contributed by atoms with Crippen molar-refractivity contribution in [3.8, 4) is 0 Å². The van der Waals surface area contributed by atoms with E-state index in [2.05, 4.69) is 15.9 Å². The summed E-state index contributed by atoms with van der Waals surface area (Å²) in [6.07, 6.45) is -1.18. The van der Waals surface area contributed by atoms with Gasteiger partial charge in [-0.3, -0.25) is 0 Å². The summed E-state index contributed by atoms with van der Waals surface area (Å²) in [5.41, 5.74) is 0.667. The van der Waals surface area contributed by atoms with Crippen molar-refractivity contribution in [1.29, 1.82) is 0 Å². The molecule has 94 valence electrons. The quantitative estimate of drug-likeness (QED) is 0.884. The van der Waals surface area contributed by atoms with Gasteiger partial charge in [0.2, 0.25) is 0 Å². The second kappa shape index (κ2) is 5.16. The van der Waals surface area contributed by atoms with Crippen LogP contribution in [0.4, 0.5) is 8.78 Å². The Morgan fingerprint density at radius 3 is 2.50 bits per heavy atom. The number of rotatable bonds is 2. The molecule has 1 unspecified atom stereocenters. The van der Waals surface area contributed by atoms with Gasteiger partial charge in [-0.25, -0.2) is 8.78 Å². The van der Waals surface area contributed by atoms with Crippen LogP contribution < -0.4 is 0 Å². The zero-order valence-electron chi connectivity index (χ0n) is 9.62. The summed E-state index contributed by atoms with van der Waals surface area (Å²) in [5, 5.41) is 10.1. The first kappa shape index (κ1) is 13.2. The summed E-state index contributed by atoms with van der Waals surface area (Å²) in [6.45, 7) is 1.48. The first-order valence-corrected chi connectivity index (χ1v) is 6.18. The molecule has 2 rings (SSSR count). The maximum absolute atomic E-state index is 13.8. The Morgan fingerprint density at radius 1 is 1.11 bits per heavy atom. The summed E-state index contributed by atoms with van der Waals surface area (Å²) in [4.78, 5) is 0. The molecule has 18 heavy (non-hydrogen) atoms. The average Bonchev–Trinajstić information content (AvgIpc) is 2.35. The molecule has 1 nitrogen and oxygen atoms in total. The predicted octanol–water partition coefficient (Wildman–Crippen LogP) is 4.12. The molecule has 0 saturated heterocycles. The standard InChI is InChI=1S/C14H11BrF2O/c1-8-5-6-11(13(17)12(8)16)14(18)9-3-2-4-10(15)7-9/h2-7,14,18H,1H3. The molecule has 0 bridgehead atoms. The Balaban J connectivity index is 2.46. The van der Waals surface area contributed by atoms with E-state index in [0.29, 0.717) is 5.56 Å². The normalized spacial score (nSPS) is 12.5. The Kier molecular flexibility index (Phi) is 3.78. The summed E-state index contributed by atoms with van der Waals surface area (Å²) in [7, 11) is 0. The summed E-state index contributed by atoms with van der Waals surface area (Å²) in [6, 6.07) is 9.70. The molecule has 0 radical (unpaired) electrons. The smallest absolute Gasteiger partial charge is 0.165 e. The van der Waals surface area contributed by atoms with Crippen molar-refractivity contribution < 1.29 is 13.9 Å². The van der Waals surface area contributed by atoms with Crippen LogP contribution in [0.2, 0.25) is 0 Å². The number of hydrogen-bond donors (Lipinski definition) is 1. The molecule has 0 saturated carbocycles. The number of aryl methyl sites for hydroxylation is 1. The van der Waals surface area contributed by atoms with Crippen molar-refractivity contribution in [2.75, 3.05) is 0 Å². The first-order chi connectivity index (χ1) is 8.50. The van der Waals surface area contributed by atoms with Gasteiger partial charge in [-0.1, -0.05) is 40.2 Å². The Bertz CT molecular complexity index is 584. The van der Waals surface area contributed by atoms with E-state index in [1.54, 1.807) is 24.3 Å². The molecular weight excluding hydrogens is 302 g/mol. The van der Waals surface area contributed by atoms with Crippen LogP contribution >= 0.6 is 15.9 Å². The average molecular weight is 313 g/mol. The molecule has 1 N–H and O–H groups in total. The van der Waals surface area contributed by atoms with E-state index in [9.17, 15) is 13.9 Å². The van der Waals surface area contributed by atoms with Gasteiger partial charge in [0, 0.05) is 10.0 Å². The molecule has 0 amide bonds. The van der Waals surface area contributed by atoms with Gasteiger partial charge in [0.05, 0.1) is 0 Å². The van der Waals surface area contributed by atoms with E-state index in [1.807, 2.05) is 0 Å². The lowest BCUT2D eigenvalue weighted by Gasteiger charge is -2.14. The zero-order chi connectivity index (χ0) is 13.3. The third kappa shape index (κ3) is 2.44. The van der Waals surface area contributed by atoms with Crippen LogP contribution in [0, 0.1) is 18.6 Å². The topological polar surface area (TPSA) is 20.2 Å². The van der Waals surface area contributed by atoms with E-state index in [1.165, 1.54) is 19.1 Å². The SMILES string of the molecule is Cc1ccc(C(O)c2cccc(Br)c2)c(F)c1F. The number of aliphatic hydroxyl groups is 1. The van der Waals surface area contributed by atoms with Crippen LogP contribution in [-0.2, 0) is 0 Å². The molecule has 0 aliphatic carbocycles. The third-order valence-corrected chi connectivity index (χ3v) is 3.26. The van der Waals surface area contributed by atoms with Crippen molar-refractivity contribution in [1.82, 2.24) is 0 Å². The maximum Gasteiger partial charge on any atom is 0.165 e. The lowest BCUT2D eigenvalue weighted by atomic mass is 9.99. The lowest BCUT2D eigenvalue weighted by molar-refractivity contribution is 0.213. The van der Waals surface area contributed by atoms with Gasteiger partial charge in [-0.15, -0.1) is 0 Å². The molecule has 2 aromatic rings. The van der Waals surface area contributed by atoms with E-state index >= 15 is 0 Å². The fourth-order valence-corrected chi connectivity index (χ4v) is 2.15. The second-order valence-electron chi connectivity index (χ2n) is 4.06. The molecule has 1 atom stereocenters. The number of hydrogen-bond acceptors (Lipinski definition) is 1. The van der Waals surface area contributed by atoms with E-state index in [0.717, 1.165) is 4.47 Å². The molecule has 0 aromatic heterocycles. The van der Waals surface area contributed by atoms with Gasteiger partial charge in [0.1, 0.15) is 6.10 Å². The highest BCUT2D eigenvalue weighted by molar-refractivity contribution is 9.10. The Hall–Kier alpha value is -1.26. The van der Waals surface area contributed by atoms with Crippen molar-refractivity contribution in [2.24, 2.45) is 0 Å². The fraction of sp³-hybridized carbons (Fsp3) is 0.143. The first-order valence-electron chi connectivity index (χ1n) is 5.38. The van der Waals surface area contributed by atoms with Gasteiger partial charge >= 0.3 is 0 Å². The number of benzene rings is 2. The van der Waals surface area contributed by atoms with Crippen LogP contribution in [0.25, 0.3) is 0 Å². The number of halogens is 3. The highest BCUT2D eigenvalue weighted by atomic mass is 79.9. The van der Waals surface area contributed by atoms with Crippen LogP contribution in [0.15, 0.2) is 40.9 Å². The fourth-order valence-electron chi connectivity index (χ4n) is 1.73. The monoisotopic (exact) mass is 312 g/mol. The van der Waals surface area contributed by atoms with Crippen LogP contribution in [0.5, 0.6) is 0 Å². The van der Waals surface area contributed by atoms with Crippen molar-refractivity contribution in [3.05, 3.63) is 69.2 Å². The highest BCUT2D eigenvalue weighted by Crippen LogP contribution is 2.28. The summed E-state index contributed by atoms with van der Waals surface area (Å²) in [5.74, 6) is -1.91. The maximum atomic E-state index is 13.8. The second-order valence-corrected chi connectivity index (χ2v) is 4.97. The minimum absolute atomic E-state index is 0.0591. The molecule has 0 fully saturated rings. The molecule has 4 heteroatoms. The number of aliphatic hydroxyl groups excluding tert-OH is 1. The molecule has 2 aromatic carbocycles. The van der Waals surface area contributed by atoms with Gasteiger partial charge in [-0.05, 0) is 30.2 Å². The summed E-state index contributed by atoms with van der Waals surface area (Å²) < 4.78 is 28.0. The lowest BCUT2D eigenvalue weighted by Crippen LogP contribution is -2.05. The van der Waals surface area contributed by atoms with Crippen molar-refractivity contribution in [3.63, 3.8) is 0 Å². The van der Waals surface area contributed by atoms with Crippen LogP contribution in [-0.4, -0.2) is 5.11 Å². The van der Waals surface area contributed by atoms with Gasteiger partial charge in [-0.2, -0.15) is 0 Å². The van der Waals surface area contributed by atoms with E-state index in [4.69, 9.17) is 0 Å². The molecule has 0 spiro atoms. The predicted molar refractivity (Wildman–Crippen MR) is 69.3 cm³/mol. The van der Waals surface area contributed by atoms with Gasteiger partial charge in [0.15, 0.2) is 11.6 Å². The van der Waals surface area contributed by atoms with E-state index in [-0.39, 0.29) is 11.1 Å². The molecule has 0 aliphatic rings. The van der Waals surface area contributed by atoms with E-state index < -0.39 is 17.7 Å². The summed E-state index contributed by atoms with van der Waals surface area (Å²) >= 11 is 3.27. The largest absolute Gasteiger partial charge is 0.384 e. The molecule has 0 heterocycles. The minimum atomic E-state index is -1.18. The van der Waals surface area contributed by atoms with Gasteiger partial charge < -0.3 is 5.11 Å². The van der Waals surface area contributed by atoms with Crippen LogP contribution in [0.3, 0.4) is 0 Å². The minimum Gasteiger partial charge on any atom is -0.384 e. The van der Waals surface area contributed by atoms with Crippen molar-refractivity contribution in [2.45, 2.75) is 13.0 Å². The Morgan fingerprint density at radius 2 is 1.83 bits per heavy atom. The van der Waals surface area contributed by atoms with Crippen LogP contribution in [0.1, 0.15) is 22.8 Å². The molecule has 0 aliphatic heterocycles.